The number of carbonyl (C=O) groups is 1. The summed E-state index contributed by atoms with van der Waals surface area (Å²) in [6.07, 6.45) is 1.20. The topological polar surface area (TPSA) is 43.8 Å². The molecule has 0 radical (unpaired) electrons. The summed E-state index contributed by atoms with van der Waals surface area (Å²) in [7, 11) is 0. The number of phenols is 1. The van der Waals surface area contributed by atoms with E-state index >= 15 is 0 Å². The number of hydrogen-bond donors (Lipinski definition) is 1. The number of rotatable bonds is 5. The number of aromatic hydroxyl groups is 1. The van der Waals surface area contributed by atoms with Gasteiger partial charge in [-0.25, -0.2) is 0 Å². The van der Waals surface area contributed by atoms with E-state index in [4.69, 9.17) is 0 Å². The third-order valence-corrected chi connectivity index (χ3v) is 3.88. The molecule has 0 saturated carbocycles. The maximum absolute atomic E-state index is 11.4. The molecule has 1 saturated heterocycles. The van der Waals surface area contributed by atoms with Crippen molar-refractivity contribution >= 4 is 5.78 Å². The Morgan fingerprint density at radius 2 is 1.85 bits per heavy atom. The van der Waals surface area contributed by atoms with Crippen molar-refractivity contribution in [2.24, 2.45) is 0 Å². The van der Waals surface area contributed by atoms with Crippen LogP contribution in [0.1, 0.15) is 36.2 Å². The zero-order chi connectivity index (χ0) is 14.5. The largest absolute Gasteiger partial charge is 0.508 e. The Balaban J connectivity index is 1.97. The van der Waals surface area contributed by atoms with E-state index in [0.717, 1.165) is 31.7 Å². The predicted octanol–water partition coefficient (Wildman–Crippen LogP) is 2.12. The lowest BCUT2D eigenvalue weighted by atomic mass is 10.1. The van der Waals surface area contributed by atoms with Crippen molar-refractivity contribution in [1.82, 2.24) is 9.80 Å². The molecule has 20 heavy (non-hydrogen) atoms. The van der Waals surface area contributed by atoms with Gasteiger partial charge in [-0.2, -0.15) is 0 Å². The average Bonchev–Trinajstić information content (AvgIpc) is 2.43. The summed E-state index contributed by atoms with van der Waals surface area (Å²) >= 11 is 0. The monoisotopic (exact) mass is 276 g/mol. The summed E-state index contributed by atoms with van der Waals surface area (Å²) in [4.78, 5) is 16.2. The molecule has 0 bridgehead atoms. The normalized spacial score (nSPS) is 17.3. The number of hydrogen-bond acceptors (Lipinski definition) is 4. The number of piperazine rings is 1. The molecule has 0 unspecified atom stereocenters. The standard InChI is InChI=1S/C16H24N2O2/c1-3-6-17-7-9-18(10-8-17)12-15-11-14(13(2)19)4-5-16(15)20/h4-5,11,20H,3,6-10,12H2,1-2H3. The molecule has 0 aromatic heterocycles. The van der Waals surface area contributed by atoms with Gasteiger partial charge in [0.1, 0.15) is 5.75 Å². The molecule has 0 amide bonds. The van der Waals surface area contributed by atoms with E-state index < -0.39 is 0 Å². The lowest BCUT2D eigenvalue weighted by Crippen LogP contribution is -2.45. The summed E-state index contributed by atoms with van der Waals surface area (Å²) in [6, 6.07) is 5.12. The summed E-state index contributed by atoms with van der Waals surface area (Å²) in [5.41, 5.74) is 1.52. The van der Waals surface area contributed by atoms with Crippen molar-refractivity contribution in [2.45, 2.75) is 26.8 Å². The first-order chi connectivity index (χ1) is 9.60. The fourth-order valence-electron chi connectivity index (χ4n) is 2.66. The zero-order valence-electron chi connectivity index (χ0n) is 12.4. The van der Waals surface area contributed by atoms with Gasteiger partial charge in [0, 0.05) is 43.9 Å². The van der Waals surface area contributed by atoms with E-state index in [9.17, 15) is 9.90 Å². The highest BCUT2D eigenvalue weighted by Gasteiger charge is 2.17. The van der Waals surface area contributed by atoms with Crippen LogP contribution in [0.25, 0.3) is 0 Å². The number of carbonyl (C=O) groups excluding carboxylic acids is 1. The molecule has 0 aliphatic carbocycles. The molecule has 110 valence electrons. The maximum atomic E-state index is 11.4. The second-order valence-electron chi connectivity index (χ2n) is 5.52. The van der Waals surface area contributed by atoms with Crippen molar-refractivity contribution in [1.29, 1.82) is 0 Å². The molecule has 1 N–H and O–H groups in total. The molecule has 0 atom stereocenters. The van der Waals surface area contributed by atoms with E-state index in [-0.39, 0.29) is 11.5 Å². The van der Waals surface area contributed by atoms with Crippen LogP contribution in [0.3, 0.4) is 0 Å². The van der Waals surface area contributed by atoms with Crippen LogP contribution in [0, 0.1) is 0 Å². The third kappa shape index (κ3) is 3.81. The first kappa shape index (κ1) is 15.0. The Morgan fingerprint density at radius 1 is 1.20 bits per heavy atom. The molecule has 1 aromatic carbocycles. The van der Waals surface area contributed by atoms with Crippen LogP contribution in [-0.4, -0.2) is 53.4 Å². The molecule has 4 heteroatoms. The van der Waals surface area contributed by atoms with Crippen LogP contribution in [0.15, 0.2) is 18.2 Å². The van der Waals surface area contributed by atoms with Crippen molar-refractivity contribution in [3.8, 4) is 5.75 Å². The summed E-state index contributed by atoms with van der Waals surface area (Å²) < 4.78 is 0. The molecule has 4 nitrogen and oxygen atoms in total. The van der Waals surface area contributed by atoms with Gasteiger partial charge in [-0.15, -0.1) is 0 Å². The number of benzene rings is 1. The molecule has 2 rings (SSSR count). The fraction of sp³-hybridized carbons (Fsp3) is 0.562. The fourth-order valence-corrected chi connectivity index (χ4v) is 2.66. The number of phenolic OH excluding ortho intramolecular Hbond substituents is 1. The first-order valence-corrected chi connectivity index (χ1v) is 7.37. The van der Waals surface area contributed by atoms with Crippen LogP contribution in [0.5, 0.6) is 5.75 Å². The minimum absolute atomic E-state index is 0.0408. The summed E-state index contributed by atoms with van der Waals surface area (Å²) in [6.45, 7) is 9.85. The molecule has 1 aliphatic heterocycles. The lowest BCUT2D eigenvalue weighted by Gasteiger charge is -2.34. The van der Waals surface area contributed by atoms with Gasteiger partial charge in [0.25, 0.3) is 0 Å². The average molecular weight is 276 g/mol. The maximum Gasteiger partial charge on any atom is 0.159 e. The van der Waals surface area contributed by atoms with E-state index in [1.54, 1.807) is 19.1 Å². The highest BCUT2D eigenvalue weighted by atomic mass is 16.3. The Hall–Kier alpha value is -1.39. The molecule has 1 heterocycles. The third-order valence-electron chi connectivity index (χ3n) is 3.88. The number of nitrogens with zero attached hydrogens (tertiary/aromatic N) is 2. The van der Waals surface area contributed by atoms with Crippen molar-refractivity contribution < 1.29 is 9.90 Å². The van der Waals surface area contributed by atoms with E-state index in [1.807, 2.05) is 6.07 Å². The molecule has 0 spiro atoms. The Kier molecular flexibility index (Phi) is 5.15. The molecule has 1 aromatic rings. The highest BCUT2D eigenvalue weighted by molar-refractivity contribution is 5.94. The van der Waals surface area contributed by atoms with E-state index in [2.05, 4.69) is 16.7 Å². The van der Waals surface area contributed by atoms with Gasteiger partial charge in [0.15, 0.2) is 5.78 Å². The van der Waals surface area contributed by atoms with E-state index in [1.165, 1.54) is 13.0 Å². The summed E-state index contributed by atoms with van der Waals surface area (Å²) in [5, 5.41) is 9.94. The minimum Gasteiger partial charge on any atom is -0.508 e. The molecule has 1 aliphatic rings. The Morgan fingerprint density at radius 3 is 2.45 bits per heavy atom. The Labute approximate surface area is 121 Å². The van der Waals surface area contributed by atoms with Crippen molar-refractivity contribution in [2.75, 3.05) is 32.7 Å². The van der Waals surface area contributed by atoms with Gasteiger partial charge >= 0.3 is 0 Å². The predicted molar refractivity (Wildman–Crippen MR) is 80.1 cm³/mol. The lowest BCUT2D eigenvalue weighted by molar-refractivity contribution is 0.101. The second-order valence-corrected chi connectivity index (χ2v) is 5.52. The number of Topliss-reactive ketones (excluding diaryl/α,β-unsaturated/α-hetero) is 1. The molecular weight excluding hydrogens is 252 g/mol. The quantitative estimate of drug-likeness (QED) is 0.837. The van der Waals surface area contributed by atoms with Crippen LogP contribution in [-0.2, 0) is 6.54 Å². The van der Waals surface area contributed by atoms with Crippen molar-refractivity contribution in [3.05, 3.63) is 29.3 Å². The minimum atomic E-state index is 0.0408. The molecular formula is C16H24N2O2. The SMILES string of the molecule is CCCN1CCN(Cc2cc(C(C)=O)ccc2O)CC1. The number of ketones is 1. The van der Waals surface area contributed by atoms with Crippen LogP contribution < -0.4 is 0 Å². The van der Waals surface area contributed by atoms with Crippen LogP contribution in [0.2, 0.25) is 0 Å². The summed E-state index contributed by atoms with van der Waals surface area (Å²) in [5.74, 6) is 0.324. The van der Waals surface area contributed by atoms with Gasteiger partial charge in [-0.05, 0) is 38.1 Å². The van der Waals surface area contributed by atoms with Gasteiger partial charge in [-0.3, -0.25) is 9.69 Å². The van der Waals surface area contributed by atoms with Gasteiger partial charge in [-0.1, -0.05) is 6.92 Å². The first-order valence-electron chi connectivity index (χ1n) is 7.37. The van der Waals surface area contributed by atoms with E-state index in [0.29, 0.717) is 12.1 Å². The zero-order valence-corrected chi connectivity index (χ0v) is 12.4. The Bertz CT molecular complexity index is 466. The highest BCUT2D eigenvalue weighted by Crippen LogP contribution is 2.21. The van der Waals surface area contributed by atoms with Crippen LogP contribution in [0.4, 0.5) is 0 Å². The van der Waals surface area contributed by atoms with Crippen LogP contribution >= 0.6 is 0 Å². The van der Waals surface area contributed by atoms with Gasteiger partial charge in [0.2, 0.25) is 0 Å². The van der Waals surface area contributed by atoms with Gasteiger partial charge in [0.05, 0.1) is 0 Å². The van der Waals surface area contributed by atoms with Crippen molar-refractivity contribution in [3.63, 3.8) is 0 Å². The van der Waals surface area contributed by atoms with Gasteiger partial charge < -0.3 is 10.0 Å². The molecule has 1 fully saturated rings. The smallest absolute Gasteiger partial charge is 0.159 e. The second kappa shape index (κ2) is 6.86.